The highest BCUT2D eigenvalue weighted by Crippen LogP contribution is 2.22. The molecule has 6 heteroatoms. The number of anilines is 1. The predicted octanol–water partition coefficient (Wildman–Crippen LogP) is 2.96. The van der Waals surface area contributed by atoms with E-state index in [0.717, 1.165) is 50.5 Å². The van der Waals surface area contributed by atoms with Crippen LogP contribution < -0.4 is 10.2 Å². The van der Waals surface area contributed by atoms with E-state index in [0.29, 0.717) is 18.5 Å². The summed E-state index contributed by atoms with van der Waals surface area (Å²) in [6.07, 6.45) is 1.72. The summed E-state index contributed by atoms with van der Waals surface area (Å²) in [5.41, 5.74) is 3.69. The number of nitrogens with one attached hydrogen (secondary N) is 1. The summed E-state index contributed by atoms with van der Waals surface area (Å²) in [6.45, 7) is 6.85. The molecular weight excluding hydrogens is 378 g/mol. The Kier molecular flexibility index (Phi) is 6.45. The van der Waals surface area contributed by atoms with Crippen molar-refractivity contribution in [2.45, 2.75) is 39.0 Å². The molecule has 6 nitrogen and oxygen atoms in total. The lowest BCUT2D eigenvalue weighted by Gasteiger charge is -2.31. The normalized spacial score (nSPS) is 19.8. The minimum absolute atomic E-state index is 0.124. The first-order valence-electron chi connectivity index (χ1n) is 10.7. The highest BCUT2D eigenvalue weighted by molar-refractivity contribution is 5.99. The lowest BCUT2D eigenvalue weighted by molar-refractivity contribution is -0.117. The van der Waals surface area contributed by atoms with Gasteiger partial charge in [-0.3, -0.25) is 14.5 Å². The number of amides is 2. The molecule has 1 atom stereocenters. The summed E-state index contributed by atoms with van der Waals surface area (Å²) < 4.78 is 5.61. The Hall–Kier alpha value is -2.70. The molecule has 2 aromatic carbocycles. The van der Waals surface area contributed by atoms with Crippen molar-refractivity contribution in [3.63, 3.8) is 0 Å². The van der Waals surface area contributed by atoms with Crippen molar-refractivity contribution in [2.75, 3.05) is 31.1 Å². The number of hydrogen-bond donors (Lipinski definition) is 1. The number of nitrogens with zero attached hydrogens (tertiary/aromatic N) is 2. The summed E-state index contributed by atoms with van der Waals surface area (Å²) >= 11 is 0. The van der Waals surface area contributed by atoms with Crippen molar-refractivity contribution in [1.29, 1.82) is 0 Å². The molecule has 2 aliphatic rings. The molecule has 2 fully saturated rings. The number of rotatable bonds is 6. The van der Waals surface area contributed by atoms with Crippen molar-refractivity contribution in [3.05, 3.63) is 65.2 Å². The average molecular weight is 408 g/mol. The van der Waals surface area contributed by atoms with Crippen LogP contribution in [0.15, 0.2) is 48.5 Å². The predicted molar refractivity (Wildman–Crippen MR) is 116 cm³/mol. The van der Waals surface area contributed by atoms with Gasteiger partial charge in [-0.2, -0.15) is 0 Å². The van der Waals surface area contributed by atoms with Crippen LogP contribution in [0.1, 0.15) is 41.3 Å². The molecule has 2 heterocycles. The number of ether oxygens (including phenoxy) is 1. The third-order valence-corrected chi connectivity index (χ3v) is 5.67. The molecule has 0 radical (unpaired) electrons. The van der Waals surface area contributed by atoms with Crippen molar-refractivity contribution in [3.8, 4) is 0 Å². The van der Waals surface area contributed by atoms with E-state index in [1.807, 2.05) is 24.3 Å². The van der Waals surface area contributed by atoms with E-state index in [9.17, 15) is 9.59 Å². The summed E-state index contributed by atoms with van der Waals surface area (Å²) in [7, 11) is 0. The van der Waals surface area contributed by atoms with Gasteiger partial charge in [0.2, 0.25) is 5.91 Å². The van der Waals surface area contributed by atoms with Crippen molar-refractivity contribution in [2.24, 2.45) is 0 Å². The Morgan fingerprint density at radius 3 is 2.77 bits per heavy atom. The van der Waals surface area contributed by atoms with E-state index < -0.39 is 0 Å². The number of carbonyl (C=O) groups is 2. The molecule has 4 rings (SSSR count). The molecular formula is C24H29N3O3. The molecule has 0 aliphatic carbocycles. The van der Waals surface area contributed by atoms with Gasteiger partial charge in [-0.15, -0.1) is 0 Å². The van der Waals surface area contributed by atoms with E-state index in [1.54, 1.807) is 17.0 Å². The topological polar surface area (TPSA) is 61.9 Å². The summed E-state index contributed by atoms with van der Waals surface area (Å²) in [6, 6.07) is 15.7. The second-order valence-corrected chi connectivity index (χ2v) is 8.12. The first-order chi connectivity index (χ1) is 14.6. The largest absolute Gasteiger partial charge is 0.376 e. The smallest absolute Gasteiger partial charge is 0.251 e. The molecule has 158 valence electrons. The summed E-state index contributed by atoms with van der Waals surface area (Å²) in [4.78, 5) is 28.8. The zero-order valence-corrected chi connectivity index (χ0v) is 17.5. The third kappa shape index (κ3) is 5.07. The van der Waals surface area contributed by atoms with Crippen LogP contribution in [-0.4, -0.2) is 49.1 Å². The molecule has 2 aliphatic heterocycles. The maximum Gasteiger partial charge on any atom is 0.251 e. The maximum absolute atomic E-state index is 12.7. The molecule has 0 saturated carbocycles. The van der Waals surface area contributed by atoms with Crippen LogP contribution in [-0.2, 0) is 22.6 Å². The van der Waals surface area contributed by atoms with E-state index in [4.69, 9.17) is 4.74 Å². The average Bonchev–Trinajstić information content (AvgIpc) is 3.18. The highest BCUT2D eigenvalue weighted by Gasteiger charge is 2.22. The van der Waals surface area contributed by atoms with Gasteiger partial charge < -0.3 is 15.0 Å². The van der Waals surface area contributed by atoms with Crippen molar-refractivity contribution in [1.82, 2.24) is 10.2 Å². The third-order valence-electron chi connectivity index (χ3n) is 5.67. The van der Waals surface area contributed by atoms with Crippen molar-refractivity contribution < 1.29 is 14.3 Å². The van der Waals surface area contributed by atoms with E-state index >= 15 is 0 Å². The van der Waals surface area contributed by atoms with Crippen LogP contribution in [0.4, 0.5) is 5.69 Å². The Balaban J connectivity index is 1.35. The first-order valence-corrected chi connectivity index (χ1v) is 10.7. The SMILES string of the molecule is CC1CN(Cc2cccc(CNC(=O)c3cccc(N4CCCC4=O)c3)c2)CCO1. The van der Waals surface area contributed by atoms with Gasteiger partial charge in [0, 0.05) is 50.4 Å². The van der Waals surface area contributed by atoms with E-state index in [-0.39, 0.29) is 17.9 Å². The number of carbonyl (C=O) groups excluding carboxylic acids is 2. The Bertz CT molecular complexity index is 914. The van der Waals surface area contributed by atoms with Crippen LogP contribution in [0.25, 0.3) is 0 Å². The Morgan fingerprint density at radius 1 is 1.13 bits per heavy atom. The molecule has 0 bridgehead atoms. The standard InChI is InChI=1S/C24H29N3O3/c1-18-16-26(11-12-30-18)17-20-6-2-5-19(13-20)15-25-24(29)21-7-3-8-22(14-21)27-10-4-9-23(27)28/h2-3,5-8,13-14,18H,4,9-12,15-17H2,1H3,(H,25,29). The summed E-state index contributed by atoms with van der Waals surface area (Å²) in [5.74, 6) is -0.00469. The zero-order chi connectivity index (χ0) is 20.9. The van der Waals surface area contributed by atoms with Gasteiger partial charge in [-0.1, -0.05) is 30.3 Å². The second kappa shape index (κ2) is 9.41. The van der Waals surface area contributed by atoms with E-state index in [2.05, 4.69) is 29.3 Å². The van der Waals surface area contributed by atoms with Crippen LogP contribution in [0.3, 0.4) is 0 Å². The van der Waals surface area contributed by atoms with E-state index in [1.165, 1.54) is 5.56 Å². The van der Waals surface area contributed by atoms with Crippen LogP contribution in [0.2, 0.25) is 0 Å². The molecule has 2 saturated heterocycles. The molecule has 1 N–H and O–H groups in total. The Morgan fingerprint density at radius 2 is 1.97 bits per heavy atom. The fraction of sp³-hybridized carbons (Fsp3) is 0.417. The fourth-order valence-corrected chi connectivity index (χ4v) is 4.15. The van der Waals surface area contributed by atoms with Gasteiger partial charge in [0.1, 0.15) is 0 Å². The molecule has 30 heavy (non-hydrogen) atoms. The second-order valence-electron chi connectivity index (χ2n) is 8.12. The van der Waals surface area contributed by atoms with Gasteiger partial charge in [0.05, 0.1) is 12.7 Å². The van der Waals surface area contributed by atoms with Crippen molar-refractivity contribution >= 4 is 17.5 Å². The van der Waals surface area contributed by atoms with Gasteiger partial charge in [0.15, 0.2) is 0 Å². The quantitative estimate of drug-likeness (QED) is 0.800. The van der Waals surface area contributed by atoms with Crippen LogP contribution >= 0.6 is 0 Å². The number of hydrogen-bond acceptors (Lipinski definition) is 4. The molecule has 2 aromatic rings. The van der Waals surface area contributed by atoms with Gasteiger partial charge in [0.25, 0.3) is 5.91 Å². The minimum atomic E-state index is -0.129. The monoisotopic (exact) mass is 407 g/mol. The number of benzene rings is 2. The molecule has 0 spiro atoms. The molecule has 2 amide bonds. The Labute approximate surface area is 177 Å². The van der Waals surface area contributed by atoms with Gasteiger partial charge in [-0.05, 0) is 42.7 Å². The summed E-state index contributed by atoms with van der Waals surface area (Å²) in [5, 5.41) is 3.01. The maximum atomic E-state index is 12.7. The van der Waals surface area contributed by atoms with Gasteiger partial charge in [-0.25, -0.2) is 0 Å². The first kappa shape index (κ1) is 20.6. The lowest BCUT2D eigenvalue weighted by Crippen LogP contribution is -2.40. The fourth-order valence-electron chi connectivity index (χ4n) is 4.15. The number of morpholine rings is 1. The van der Waals surface area contributed by atoms with Gasteiger partial charge >= 0.3 is 0 Å². The molecule has 0 aromatic heterocycles. The van der Waals surface area contributed by atoms with Crippen LogP contribution in [0, 0.1) is 0 Å². The minimum Gasteiger partial charge on any atom is -0.376 e. The van der Waals surface area contributed by atoms with Crippen LogP contribution in [0.5, 0.6) is 0 Å². The highest BCUT2D eigenvalue weighted by atomic mass is 16.5. The molecule has 1 unspecified atom stereocenters. The zero-order valence-electron chi connectivity index (χ0n) is 17.5. The lowest BCUT2D eigenvalue weighted by atomic mass is 10.1.